The molecule has 1 atom stereocenters. The summed E-state index contributed by atoms with van der Waals surface area (Å²) in [5.74, 6) is -0.522. The number of benzene rings is 1. The van der Waals surface area contributed by atoms with Gasteiger partial charge in [0.25, 0.3) is 11.5 Å². The molecule has 1 fully saturated rings. The minimum atomic E-state index is -0.543. The van der Waals surface area contributed by atoms with Crippen molar-refractivity contribution in [3.63, 3.8) is 0 Å². The zero-order valence-corrected chi connectivity index (χ0v) is 15.9. The molecule has 1 aliphatic rings. The van der Waals surface area contributed by atoms with Crippen molar-refractivity contribution < 1.29 is 9.59 Å². The molecule has 2 heterocycles. The number of hydrogen-bond donors (Lipinski definition) is 2. The van der Waals surface area contributed by atoms with Gasteiger partial charge in [0, 0.05) is 17.7 Å². The van der Waals surface area contributed by atoms with Crippen molar-refractivity contribution in [3.05, 3.63) is 57.6 Å². The number of carbonyl (C=O) groups is 2. The standard InChI is InChI=1S/C21H22N4O3/c1-12-18(20(27)23-15-10-6-7-11-16(15)26)21(28)25-19(22-12)17(13(2)24-25)14-8-4-3-5-9-14/h3-5,8-9,15,24H,6-7,10-11H2,1-2H3,(H,23,27). The maximum absolute atomic E-state index is 13.1. The Balaban J connectivity index is 1.78. The lowest BCUT2D eigenvalue weighted by Gasteiger charge is -2.21. The van der Waals surface area contributed by atoms with Gasteiger partial charge in [-0.15, -0.1) is 0 Å². The fourth-order valence-corrected chi connectivity index (χ4v) is 3.87. The van der Waals surface area contributed by atoms with Crippen LogP contribution in [0.1, 0.15) is 47.4 Å². The first-order valence-electron chi connectivity index (χ1n) is 9.48. The molecule has 0 saturated heterocycles. The van der Waals surface area contributed by atoms with Gasteiger partial charge in [-0.25, -0.2) is 9.50 Å². The summed E-state index contributed by atoms with van der Waals surface area (Å²) in [7, 11) is 0. The number of fused-ring (bicyclic) bond motifs is 1. The van der Waals surface area contributed by atoms with Crippen LogP contribution in [0.2, 0.25) is 0 Å². The van der Waals surface area contributed by atoms with Gasteiger partial charge in [-0.1, -0.05) is 36.8 Å². The lowest BCUT2D eigenvalue weighted by atomic mass is 9.94. The van der Waals surface area contributed by atoms with E-state index in [0.29, 0.717) is 24.2 Å². The second-order valence-electron chi connectivity index (χ2n) is 7.25. The molecule has 1 amide bonds. The van der Waals surface area contributed by atoms with Crippen LogP contribution < -0.4 is 10.9 Å². The molecule has 1 aromatic carbocycles. The highest BCUT2D eigenvalue weighted by Crippen LogP contribution is 2.26. The molecule has 2 aromatic heterocycles. The molecule has 7 heteroatoms. The van der Waals surface area contributed by atoms with Gasteiger partial charge < -0.3 is 5.32 Å². The molecule has 7 nitrogen and oxygen atoms in total. The first-order valence-corrected chi connectivity index (χ1v) is 9.48. The average Bonchev–Trinajstić information content (AvgIpc) is 3.00. The van der Waals surface area contributed by atoms with Gasteiger partial charge in [-0.2, -0.15) is 0 Å². The van der Waals surface area contributed by atoms with Crippen LogP contribution in [0.5, 0.6) is 0 Å². The van der Waals surface area contributed by atoms with Crippen LogP contribution in [-0.4, -0.2) is 32.3 Å². The molecule has 144 valence electrons. The zero-order chi connectivity index (χ0) is 19.8. The molecule has 1 unspecified atom stereocenters. The van der Waals surface area contributed by atoms with Crippen molar-refractivity contribution in [1.82, 2.24) is 19.9 Å². The highest BCUT2D eigenvalue weighted by Gasteiger charge is 2.27. The van der Waals surface area contributed by atoms with Crippen LogP contribution in [0, 0.1) is 13.8 Å². The van der Waals surface area contributed by atoms with Gasteiger partial charge in [0.05, 0.1) is 11.7 Å². The number of rotatable bonds is 3. The molecule has 0 spiro atoms. The smallest absolute Gasteiger partial charge is 0.285 e. The third-order valence-corrected chi connectivity index (χ3v) is 5.29. The van der Waals surface area contributed by atoms with Crippen molar-refractivity contribution in [3.8, 4) is 11.1 Å². The Morgan fingerprint density at radius 3 is 2.64 bits per heavy atom. The third-order valence-electron chi connectivity index (χ3n) is 5.29. The first kappa shape index (κ1) is 18.2. The number of aryl methyl sites for hydroxylation is 2. The van der Waals surface area contributed by atoms with E-state index in [-0.39, 0.29) is 11.3 Å². The van der Waals surface area contributed by atoms with Gasteiger partial charge in [-0.05, 0) is 32.3 Å². The van der Waals surface area contributed by atoms with E-state index in [0.717, 1.165) is 29.7 Å². The molecule has 0 bridgehead atoms. The zero-order valence-electron chi connectivity index (χ0n) is 15.9. The van der Waals surface area contributed by atoms with Gasteiger partial charge in [0.15, 0.2) is 11.4 Å². The SMILES string of the molecule is Cc1nc2c(-c3ccccc3)c(C)[nH]n2c(=O)c1C(=O)NC1CCCCC1=O. The Morgan fingerprint density at radius 2 is 1.93 bits per heavy atom. The van der Waals surface area contributed by atoms with E-state index in [2.05, 4.69) is 15.4 Å². The monoisotopic (exact) mass is 378 g/mol. The van der Waals surface area contributed by atoms with Crippen molar-refractivity contribution in [2.24, 2.45) is 0 Å². The normalized spacial score (nSPS) is 17.1. The lowest BCUT2D eigenvalue weighted by Crippen LogP contribution is -2.44. The van der Waals surface area contributed by atoms with Gasteiger partial charge in [0.1, 0.15) is 5.56 Å². The summed E-state index contributed by atoms with van der Waals surface area (Å²) in [6.45, 7) is 3.52. The van der Waals surface area contributed by atoms with Crippen LogP contribution in [0.15, 0.2) is 35.1 Å². The molecular weight excluding hydrogens is 356 g/mol. The number of amides is 1. The quantitative estimate of drug-likeness (QED) is 0.732. The van der Waals surface area contributed by atoms with Gasteiger partial charge >= 0.3 is 0 Å². The van der Waals surface area contributed by atoms with E-state index < -0.39 is 17.5 Å². The maximum Gasteiger partial charge on any atom is 0.285 e. The van der Waals surface area contributed by atoms with E-state index in [1.807, 2.05) is 37.3 Å². The van der Waals surface area contributed by atoms with Gasteiger partial charge in [-0.3, -0.25) is 19.5 Å². The fourth-order valence-electron chi connectivity index (χ4n) is 3.87. The molecule has 4 rings (SSSR count). The van der Waals surface area contributed by atoms with Crippen molar-refractivity contribution in [2.45, 2.75) is 45.6 Å². The summed E-state index contributed by atoms with van der Waals surface area (Å²) < 4.78 is 1.31. The Labute approximate surface area is 161 Å². The van der Waals surface area contributed by atoms with Crippen LogP contribution in [0.4, 0.5) is 0 Å². The predicted octanol–water partition coefficient (Wildman–Crippen LogP) is 2.55. The molecule has 2 N–H and O–H groups in total. The largest absolute Gasteiger partial charge is 0.342 e. The van der Waals surface area contributed by atoms with Crippen LogP contribution in [0.3, 0.4) is 0 Å². The van der Waals surface area contributed by atoms with Crippen LogP contribution in [-0.2, 0) is 4.79 Å². The number of ketones is 1. The Hall–Kier alpha value is -3.22. The molecular formula is C21H22N4O3. The summed E-state index contributed by atoms with van der Waals surface area (Å²) in [5.41, 5.74) is 2.89. The fraction of sp³-hybridized carbons (Fsp3) is 0.333. The molecule has 0 radical (unpaired) electrons. The maximum atomic E-state index is 13.1. The summed E-state index contributed by atoms with van der Waals surface area (Å²) >= 11 is 0. The lowest BCUT2D eigenvalue weighted by molar-refractivity contribution is -0.122. The van der Waals surface area contributed by atoms with Crippen LogP contribution >= 0.6 is 0 Å². The number of hydrogen-bond acceptors (Lipinski definition) is 4. The topological polar surface area (TPSA) is 96.3 Å². The molecule has 0 aliphatic heterocycles. The first-order chi connectivity index (χ1) is 13.5. The number of carbonyl (C=O) groups excluding carboxylic acids is 2. The summed E-state index contributed by atoms with van der Waals surface area (Å²) in [6, 6.07) is 9.15. The van der Waals surface area contributed by atoms with Crippen LogP contribution in [0.25, 0.3) is 16.8 Å². The number of Topliss-reactive ketones (excluding diaryl/α,β-unsaturated/α-hetero) is 1. The molecule has 1 aliphatic carbocycles. The number of H-pyrrole nitrogens is 1. The number of aromatic amines is 1. The minimum absolute atomic E-state index is 0.0217. The molecule has 28 heavy (non-hydrogen) atoms. The Bertz CT molecular complexity index is 1130. The minimum Gasteiger partial charge on any atom is -0.342 e. The highest BCUT2D eigenvalue weighted by atomic mass is 16.2. The van der Waals surface area contributed by atoms with E-state index in [4.69, 9.17) is 0 Å². The summed E-state index contributed by atoms with van der Waals surface area (Å²) in [4.78, 5) is 42.4. The second-order valence-corrected chi connectivity index (χ2v) is 7.25. The second kappa shape index (κ2) is 7.07. The summed E-state index contributed by atoms with van der Waals surface area (Å²) in [5, 5.41) is 5.75. The van der Waals surface area contributed by atoms with E-state index in [1.165, 1.54) is 4.52 Å². The van der Waals surface area contributed by atoms with Crippen molar-refractivity contribution in [1.29, 1.82) is 0 Å². The van der Waals surface area contributed by atoms with E-state index in [1.54, 1.807) is 6.92 Å². The number of nitrogens with zero attached hydrogens (tertiary/aromatic N) is 2. The van der Waals surface area contributed by atoms with Gasteiger partial charge in [0.2, 0.25) is 0 Å². The molecule has 3 aromatic rings. The van der Waals surface area contributed by atoms with E-state index >= 15 is 0 Å². The van der Waals surface area contributed by atoms with E-state index in [9.17, 15) is 14.4 Å². The Morgan fingerprint density at radius 1 is 1.18 bits per heavy atom. The van der Waals surface area contributed by atoms with Crippen molar-refractivity contribution in [2.75, 3.05) is 0 Å². The molecule has 1 saturated carbocycles. The number of aromatic nitrogens is 3. The number of nitrogens with one attached hydrogen (secondary N) is 2. The average molecular weight is 378 g/mol. The predicted molar refractivity (Wildman–Crippen MR) is 105 cm³/mol. The Kier molecular flexibility index (Phi) is 4.58. The third kappa shape index (κ3) is 3.02. The van der Waals surface area contributed by atoms with Crippen molar-refractivity contribution >= 4 is 17.3 Å². The summed E-state index contributed by atoms with van der Waals surface area (Å²) in [6.07, 6.45) is 2.82. The highest BCUT2D eigenvalue weighted by molar-refractivity contribution is 5.99.